The van der Waals surface area contributed by atoms with Crippen molar-refractivity contribution in [2.75, 3.05) is 19.8 Å². The van der Waals surface area contributed by atoms with Crippen molar-refractivity contribution in [3.63, 3.8) is 0 Å². The van der Waals surface area contributed by atoms with Gasteiger partial charge in [-0.2, -0.15) is 4.57 Å². The third-order valence-corrected chi connectivity index (χ3v) is 4.58. The van der Waals surface area contributed by atoms with Crippen LogP contribution >= 0.6 is 7.82 Å². The maximum atomic E-state index is 13.3. The Hall–Kier alpha value is -2.74. The lowest BCUT2D eigenvalue weighted by atomic mass is 10.1. The molecule has 0 heterocycles. The molecule has 170 valence electrons. The summed E-state index contributed by atoms with van der Waals surface area (Å²) in [6.07, 6.45) is 0.699. The molecule has 0 aromatic heterocycles. The van der Waals surface area contributed by atoms with Gasteiger partial charge < -0.3 is 27.8 Å². The van der Waals surface area contributed by atoms with Crippen LogP contribution in [0.4, 0.5) is 0 Å². The largest absolute Gasteiger partial charge is 0.647 e. The summed E-state index contributed by atoms with van der Waals surface area (Å²) in [5, 5.41) is 0. The molecule has 0 saturated carbocycles. The summed E-state index contributed by atoms with van der Waals surface area (Å²) in [5.41, 5.74) is 0.435. The van der Waals surface area contributed by atoms with Gasteiger partial charge in [-0.05, 0) is 52.3 Å². The first-order valence-electron chi connectivity index (χ1n) is 9.38. The van der Waals surface area contributed by atoms with Crippen LogP contribution in [0.5, 0.6) is 0 Å². The van der Waals surface area contributed by atoms with Crippen molar-refractivity contribution in [1.82, 2.24) is 0 Å². The van der Waals surface area contributed by atoms with E-state index in [9.17, 15) is 18.9 Å². The Labute approximate surface area is 176 Å². The zero-order chi connectivity index (χ0) is 23.3. The van der Waals surface area contributed by atoms with Crippen molar-refractivity contribution >= 4 is 25.7 Å². The van der Waals surface area contributed by atoms with Crippen molar-refractivity contribution in [1.29, 1.82) is 0 Å². The van der Waals surface area contributed by atoms with E-state index in [0.29, 0.717) is 18.4 Å². The van der Waals surface area contributed by atoms with Crippen molar-refractivity contribution < 1.29 is 46.7 Å². The molecule has 0 unspecified atom stereocenters. The molecule has 0 aliphatic rings. The van der Waals surface area contributed by atoms with Crippen LogP contribution in [0, 0.1) is 0 Å². The number of hydrogen-bond donors (Lipinski definition) is 0. The number of allylic oxidation sites excluding steroid dienone is 1. The molecule has 0 rings (SSSR count). The lowest BCUT2D eigenvalue weighted by molar-refractivity contribution is -0.141. The fourth-order valence-electron chi connectivity index (χ4n) is 1.95. The Morgan fingerprint density at radius 1 is 0.667 bits per heavy atom. The monoisotopic (exact) mass is 448 g/mol. The van der Waals surface area contributed by atoms with Gasteiger partial charge >= 0.3 is 25.7 Å². The molecule has 0 radical (unpaired) electrons. The SMILES string of the molecule is C=C(OP(=O)(OC(=C)C(=O)OCC)OC(C(=O)OCC)=C(CC)CC)C(=O)OCC. The Bertz CT molecular complexity index is 696. The van der Waals surface area contributed by atoms with Crippen molar-refractivity contribution in [3.8, 4) is 0 Å². The molecule has 30 heavy (non-hydrogen) atoms. The highest BCUT2D eigenvalue weighted by atomic mass is 31.2. The van der Waals surface area contributed by atoms with Gasteiger partial charge in [0.1, 0.15) is 0 Å². The Morgan fingerprint density at radius 2 is 1.03 bits per heavy atom. The topological polar surface area (TPSA) is 124 Å². The Balaban J connectivity index is 6.08. The number of phosphoric ester groups is 1. The van der Waals surface area contributed by atoms with E-state index < -0.39 is 43.0 Å². The van der Waals surface area contributed by atoms with E-state index in [1.54, 1.807) is 20.8 Å². The van der Waals surface area contributed by atoms with Crippen molar-refractivity contribution in [2.45, 2.75) is 47.5 Å². The minimum atomic E-state index is -4.86. The Morgan fingerprint density at radius 3 is 1.37 bits per heavy atom. The molecule has 0 bridgehead atoms. The maximum absolute atomic E-state index is 13.3. The second-order valence-electron chi connectivity index (χ2n) is 5.37. The molecule has 0 aliphatic heterocycles. The number of ether oxygens (including phenoxy) is 3. The summed E-state index contributed by atoms with van der Waals surface area (Å²) in [5.74, 6) is -4.89. The summed E-state index contributed by atoms with van der Waals surface area (Å²) in [7, 11) is -4.86. The van der Waals surface area contributed by atoms with E-state index in [4.69, 9.17) is 27.8 Å². The third kappa shape index (κ3) is 8.73. The molecule has 0 spiro atoms. The second-order valence-corrected chi connectivity index (χ2v) is 6.81. The molecule has 0 atom stereocenters. The molecule has 11 heteroatoms. The van der Waals surface area contributed by atoms with Crippen LogP contribution in [-0.4, -0.2) is 37.7 Å². The van der Waals surface area contributed by atoms with E-state index in [0.717, 1.165) is 0 Å². The van der Waals surface area contributed by atoms with Crippen LogP contribution in [0.1, 0.15) is 47.5 Å². The molecule has 0 saturated heterocycles. The lowest BCUT2D eigenvalue weighted by Gasteiger charge is -2.22. The first kappa shape index (κ1) is 27.3. The molecule has 0 aliphatic carbocycles. The van der Waals surface area contributed by atoms with Gasteiger partial charge in [0.05, 0.1) is 19.8 Å². The number of carbonyl (C=O) groups excluding carboxylic acids is 3. The van der Waals surface area contributed by atoms with E-state index in [2.05, 4.69) is 13.2 Å². The van der Waals surface area contributed by atoms with Gasteiger partial charge in [-0.1, -0.05) is 13.8 Å². The van der Waals surface area contributed by atoms with Gasteiger partial charge in [-0.3, -0.25) is 0 Å². The molecular formula is C19H29O10P. The van der Waals surface area contributed by atoms with Gasteiger partial charge in [-0.25, -0.2) is 14.4 Å². The smallest absolute Gasteiger partial charge is 0.460 e. The van der Waals surface area contributed by atoms with Crippen LogP contribution in [0.15, 0.2) is 36.0 Å². The summed E-state index contributed by atoms with van der Waals surface area (Å²) in [4.78, 5) is 36.0. The summed E-state index contributed by atoms with van der Waals surface area (Å²) in [6.45, 7) is 14.8. The number of phosphoric acid groups is 1. The number of esters is 3. The molecule has 0 fully saturated rings. The van der Waals surface area contributed by atoms with Crippen molar-refractivity contribution in [3.05, 3.63) is 36.0 Å². The summed E-state index contributed by atoms with van der Waals surface area (Å²) < 4.78 is 42.8. The fraction of sp³-hybridized carbons (Fsp3) is 0.526. The van der Waals surface area contributed by atoms with Crippen molar-refractivity contribution in [2.24, 2.45) is 0 Å². The number of rotatable bonds is 14. The molecule has 10 nitrogen and oxygen atoms in total. The first-order valence-corrected chi connectivity index (χ1v) is 10.8. The molecule has 0 aromatic carbocycles. The van der Waals surface area contributed by atoms with E-state index in [1.165, 1.54) is 13.8 Å². The molecule has 0 amide bonds. The summed E-state index contributed by atoms with van der Waals surface area (Å²) in [6, 6.07) is 0. The van der Waals surface area contributed by atoms with E-state index >= 15 is 0 Å². The predicted octanol–water partition coefficient (Wildman–Crippen LogP) is 3.94. The predicted molar refractivity (Wildman–Crippen MR) is 107 cm³/mol. The highest BCUT2D eigenvalue weighted by Crippen LogP contribution is 2.55. The average Bonchev–Trinajstić information content (AvgIpc) is 2.68. The zero-order valence-corrected chi connectivity index (χ0v) is 18.9. The molecular weight excluding hydrogens is 419 g/mol. The zero-order valence-electron chi connectivity index (χ0n) is 18.0. The molecule has 0 N–H and O–H groups in total. The molecule has 0 aromatic rings. The number of carbonyl (C=O) groups is 3. The number of hydrogen-bond acceptors (Lipinski definition) is 10. The summed E-state index contributed by atoms with van der Waals surface area (Å²) >= 11 is 0. The van der Waals surface area contributed by atoms with Gasteiger partial charge in [0.25, 0.3) is 0 Å². The van der Waals surface area contributed by atoms with E-state index in [1.807, 2.05) is 0 Å². The average molecular weight is 448 g/mol. The quantitative estimate of drug-likeness (QED) is 0.127. The first-order chi connectivity index (χ1) is 14.1. The van der Waals surface area contributed by atoms with Crippen LogP contribution in [0.25, 0.3) is 0 Å². The van der Waals surface area contributed by atoms with Crippen LogP contribution in [-0.2, 0) is 46.7 Å². The standard InChI is InChI=1S/C19H29O10P/c1-8-15(9-2)16(19(22)26-12-5)29-30(23,27-13(6)17(20)24-10-3)28-14(7)18(21)25-11-4/h6-12H2,1-5H3. The lowest BCUT2D eigenvalue weighted by Crippen LogP contribution is -2.17. The highest BCUT2D eigenvalue weighted by Gasteiger charge is 2.40. The minimum Gasteiger partial charge on any atom is -0.460 e. The second kappa shape index (κ2) is 13.5. The van der Waals surface area contributed by atoms with E-state index in [-0.39, 0.29) is 19.8 Å². The normalized spacial score (nSPS) is 10.3. The van der Waals surface area contributed by atoms with Crippen LogP contribution < -0.4 is 0 Å². The van der Waals surface area contributed by atoms with Crippen LogP contribution in [0.3, 0.4) is 0 Å². The highest BCUT2D eigenvalue weighted by molar-refractivity contribution is 7.49. The van der Waals surface area contributed by atoms with Crippen LogP contribution in [0.2, 0.25) is 0 Å². The third-order valence-electron chi connectivity index (χ3n) is 3.29. The van der Waals surface area contributed by atoms with Gasteiger partial charge in [0.2, 0.25) is 17.3 Å². The van der Waals surface area contributed by atoms with Gasteiger partial charge in [0.15, 0.2) is 0 Å². The van der Waals surface area contributed by atoms with Gasteiger partial charge in [-0.15, -0.1) is 0 Å². The fourth-order valence-corrected chi connectivity index (χ4v) is 3.18. The Kier molecular flexibility index (Phi) is 12.2. The minimum absolute atomic E-state index is 0.00738. The van der Waals surface area contributed by atoms with Gasteiger partial charge in [0, 0.05) is 0 Å². The maximum Gasteiger partial charge on any atom is 0.647 e.